The largest absolute Gasteiger partial charge is 0.381 e. The van der Waals surface area contributed by atoms with E-state index < -0.39 is 0 Å². The number of piperidine rings is 1. The zero-order valence-corrected chi connectivity index (χ0v) is 11.8. The smallest absolute Gasteiger partial charge is 0.0966 e. The van der Waals surface area contributed by atoms with Crippen LogP contribution in [-0.2, 0) is 5.54 Å². The number of likely N-dealkylation sites (tertiary alicyclic amines) is 1. The summed E-state index contributed by atoms with van der Waals surface area (Å²) in [4.78, 5) is 4.95. The molecule has 0 radical (unpaired) electrons. The lowest BCUT2D eigenvalue weighted by Gasteiger charge is -2.45. The van der Waals surface area contributed by atoms with Gasteiger partial charge in [-0.25, -0.2) is 0 Å². The summed E-state index contributed by atoms with van der Waals surface area (Å²) in [6, 6.07) is 8.63. The van der Waals surface area contributed by atoms with Gasteiger partial charge in [-0.05, 0) is 42.2 Å². The molecule has 2 nitrogen and oxygen atoms in total. The molecule has 2 aromatic rings. The molecule has 0 saturated carbocycles. The topological polar surface area (TPSA) is 23.5 Å². The molecule has 18 heavy (non-hydrogen) atoms. The average Bonchev–Trinajstić information content (AvgIpc) is 3.11. The van der Waals surface area contributed by atoms with E-state index in [0.717, 1.165) is 13.0 Å². The molecule has 96 valence electrons. The Balaban J connectivity index is 2.13. The van der Waals surface area contributed by atoms with Gasteiger partial charge in [-0.1, -0.05) is 12.1 Å². The maximum absolute atomic E-state index is 9.76. The molecular formula is C14H17NOS2. The second-order valence-electron chi connectivity index (χ2n) is 4.68. The SMILES string of the molecule is OCN1CCCCC1(c1cccs1)c1cccs1. The predicted octanol–water partition coefficient (Wildman–Crippen LogP) is 3.49. The van der Waals surface area contributed by atoms with Crippen molar-refractivity contribution in [3.05, 3.63) is 44.8 Å². The number of aliphatic hydroxyl groups is 1. The van der Waals surface area contributed by atoms with Gasteiger partial charge in [-0.2, -0.15) is 0 Å². The summed E-state index contributed by atoms with van der Waals surface area (Å²) in [6.07, 6.45) is 3.51. The van der Waals surface area contributed by atoms with E-state index in [1.165, 1.54) is 22.6 Å². The summed E-state index contributed by atoms with van der Waals surface area (Å²) in [7, 11) is 0. The number of hydrogen-bond acceptors (Lipinski definition) is 4. The van der Waals surface area contributed by atoms with Crippen LogP contribution in [0.2, 0.25) is 0 Å². The first-order valence-electron chi connectivity index (χ1n) is 6.32. The van der Waals surface area contributed by atoms with E-state index in [4.69, 9.17) is 0 Å². The quantitative estimate of drug-likeness (QED) is 0.929. The predicted molar refractivity (Wildman–Crippen MR) is 77.1 cm³/mol. The third-order valence-corrected chi connectivity index (χ3v) is 5.83. The first-order valence-corrected chi connectivity index (χ1v) is 8.08. The van der Waals surface area contributed by atoms with Gasteiger partial charge in [0.05, 0.1) is 12.3 Å². The molecule has 1 aliphatic rings. The Morgan fingerprint density at radius 2 is 1.78 bits per heavy atom. The van der Waals surface area contributed by atoms with Crippen molar-refractivity contribution in [2.75, 3.05) is 13.3 Å². The summed E-state index contributed by atoms with van der Waals surface area (Å²) in [6.45, 7) is 1.11. The highest BCUT2D eigenvalue weighted by atomic mass is 32.1. The maximum Gasteiger partial charge on any atom is 0.0966 e. The van der Waals surface area contributed by atoms with Gasteiger partial charge in [0.2, 0.25) is 0 Å². The number of thiophene rings is 2. The third-order valence-electron chi connectivity index (χ3n) is 3.78. The molecule has 0 atom stereocenters. The van der Waals surface area contributed by atoms with Gasteiger partial charge >= 0.3 is 0 Å². The summed E-state index contributed by atoms with van der Waals surface area (Å²) in [5.41, 5.74) is -0.0880. The van der Waals surface area contributed by atoms with E-state index in [-0.39, 0.29) is 12.3 Å². The Hall–Kier alpha value is -0.680. The summed E-state index contributed by atoms with van der Waals surface area (Å²) < 4.78 is 0. The minimum atomic E-state index is -0.0880. The first kappa shape index (κ1) is 12.4. The second-order valence-corrected chi connectivity index (χ2v) is 6.57. The van der Waals surface area contributed by atoms with E-state index >= 15 is 0 Å². The van der Waals surface area contributed by atoms with E-state index in [9.17, 15) is 5.11 Å². The van der Waals surface area contributed by atoms with E-state index in [1.807, 2.05) is 0 Å². The molecule has 0 aliphatic carbocycles. The Morgan fingerprint density at radius 3 is 2.28 bits per heavy atom. The van der Waals surface area contributed by atoms with E-state index in [1.54, 1.807) is 22.7 Å². The number of rotatable bonds is 3. The molecule has 4 heteroatoms. The molecule has 2 aromatic heterocycles. The minimum absolute atomic E-state index is 0.0880. The van der Waals surface area contributed by atoms with Crippen molar-refractivity contribution in [2.24, 2.45) is 0 Å². The monoisotopic (exact) mass is 279 g/mol. The van der Waals surface area contributed by atoms with Crippen LogP contribution in [0.1, 0.15) is 29.0 Å². The van der Waals surface area contributed by atoms with E-state index in [0.29, 0.717) is 0 Å². The molecule has 1 saturated heterocycles. The van der Waals surface area contributed by atoms with Gasteiger partial charge in [0.15, 0.2) is 0 Å². The van der Waals surface area contributed by atoms with Crippen molar-refractivity contribution in [3.63, 3.8) is 0 Å². The first-order chi connectivity index (χ1) is 8.88. The van der Waals surface area contributed by atoms with Crippen LogP contribution >= 0.6 is 22.7 Å². The van der Waals surface area contributed by atoms with Crippen LogP contribution in [0.4, 0.5) is 0 Å². The van der Waals surface area contributed by atoms with Crippen LogP contribution in [0.5, 0.6) is 0 Å². The van der Waals surface area contributed by atoms with Crippen LogP contribution in [0.3, 0.4) is 0 Å². The molecule has 3 rings (SSSR count). The lowest BCUT2D eigenvalue weighted by atomic mass is 9.84. The zero-order valence-electron chi connectivity index (χ0n) is 10.2. The average molecular weight is 279 g/mol. The van der Waals surface area contributed by atoms with Crippen molar-refractivity contribution < 1.29 is 5.11 Å². The number of nitrogens with zero attached hydrogens (tertiary/aromatic N) is 1. The zero-order chi connectivity index (χ0) is 12.4. The molecule has 0 aromatic carbocycles. The molecule has 0 spiro atoms. The molecule has 1 aliphatic heterocycles. The Labute approximate surface area is 116 Å². The molecule has 0 amide bonds. The van der Waals surface area contributed by atoms with Crippen LogP contribution < -0.4 is 0 Å². The molecular weight excluding hydrogens is 262 g/mol. The van der Waals surface area contributed by atoms with Gasteiger partial charge < -0.3 is 5.11 Å². The normalized spacial score (nSPS) is 20.1. The van der Waals surface area contributed by atoms with Crippen molar-refractivity contribution in [1.82, 2.24) is 4.90 Å². The fourth-order valence-electron chi connectivity index (χ4n) is 2.93. The summed E-state index contributed by atoms with van der Waals surface area (Å²) >= 11 is 3.60. The van der Waals surface area contributed by atoms with Crippen molar-refractivity contribution in [1.29, 1.82) is 0 Å². The summed E-state index contributed by atoms with van der Waals surface area (Å²) in [5.74, 6) is 0. The van der Waals surface area contributed by atoms with Gasteiger partial charge in [0.25, 0.3) is 0 Å². The highest BCUT2D eigenvalue weighted by molar-refractivity contribution is 7.11. The fraction of sp³-hybridized carbons (Fsp3) is 0.429. The second kappa shape index (κ2) is 5.13. The molecule has 0 unspecified atom stereocenters. The molecule has 3 heterocycles. The molecule has 1 fully saturated rings. The van der Waals surface area contributed by atoms with Crippen LogP contribution in [0, 0.1) is 0 Å². The van der Waals surface area contributed by atoms with Gasteiger partial charge in [-0.15, -0.1) is 22.7 Å². The number of hydrogen-bond donors (Lipinski definition) is 1. The van der Waals surface area contributed by atoms with Crippen LogP contribution in [-0.4, -0.2) is 23.3 Å². The van der Waals surface area contributed by atoms with Crippen molar-refractivity contribution >= 4 is 22.7 Å². The summed E-state index contributed by atoms with van der Waals surface area (Å²) in [5, 5.41) is 14.0. The van der Waals surface area contributed by atoms with Crippen LogP contribution in [0.25, 0.3) is 0 Å². The Morgan fingerprint density at radius 1 is 1.11 bits per heavy atom. The van der Waals surface area contributed by atoms with E-state index in [2.05, 4.69) is 39.9 Å². The third kappa shape index (κ3) is 1.84. The Bertz CT molecular complexity index is 444. The van der Waals surface area contributed by atoms with Crippen LogP contribution in [0.15, 0.2) is 35.0 Å². The maximum atomic E-state index is 9.76. The molecule has 1 N–H and O–H groups in total. The highest BCUT2D eigenvalue weighted by Gasteiger charge is 2.43. The Kier molecular flexibility index (Phi) is 3.52. The molecule has 0 bridgehead atoms. The van der Waals surface area contributed by atoms with Gasteiger partial charge in [0.1, 0.15) is 0 Å². The van der Waals surface area contributed by atoms with Crippen molar-refractivity contribution in [2.45, 2.75) is 24.8 Å². The lowest BCUT2D eigenvalue weighted by Crippen LogP contribution is -2.49. The fourth-order valence-corrected chi connectivity index (χ4v) is 4.99. The lowest BCUT2D eigenvalue weighted by molar-refractivity contribution is 0.00136. The highest BCUT2D eigenvalue weighted by Crippen LogP contribution is 2.46. The minimum Gasteiger partial charge on any atom is -0.381 e. The van der Waals surface area contributed by atoms with Crippen molar-refractivity contribution in [3.8, 4) is 0 Å². The number of aliphatic hydroxyl groups excluding tert-OH is 1. The standard InChI is InChI=1S/C14H17NOS2/c16-11-15-8-2-1-7-14(15,12-5-3-9-17-12)13-6-4-10-18-13/h3-6,9-10,16H,1-2,7-8,11H2. The van der Waals surface area contributed by atoms with Gasteiger partial charge in [0, 0.05) is 16.3 Å². The van der Waals surface area contributed by atoms with Gasteiger partial charge in [-0.3, -0.25) is 4.90 Å².